The van der Waals surface area contributed by atoms with Gasteiger partial charge in [-0.1, -0.05) is 12.1 Å². The molecule has 25 heavy (non-hydrogen) atoms. The van der Waals surface area contributed by atoms with Crippen molar-refractivity contribution in [3.63, 3.8) is 0 Å². The highest BCUT2D eigenvalue weighted by Crippen LogP contribution is 2.29. The van der Waals surface area contributed by atoms with Crippen molar-refractivity contribution in [3.05, 3.63) is 48.5 Å². The average Bonchev–Trinajstić information content (AvgIpc) is 2.61. The number of anilines is 3. The molecule has 0 radical (unpaired) electrons. The van der Waals surface area contributed by atoms with Crippen molar-refractivity contribution in [1.29, 1.82) is 0 Å². The molecule has 6 nitrogen and oxygen atoms in total. The van der Waals surface area contributed by atoms with Gasteiger partial charge < -0.3 is 14.5 Å². The number of methoxy groups -OCH3 is 1. The molecule has 0 saturated carbocycles. The van der Waals surface area contributed by atoms with Gasteiger partial charge in [-0.05, 0) is 36.4 Å². The zero-order valence-corrected chi connectivity index (χ0v) is 15.3. The van der Waals surface area contributed by atoms with E-state index in [0.717, 1.165) is 49.6 Å². The van der Waals surface area contributed by atoms with Crippen molar-refractivity contribution in [2.45, 2.75) is 0 Å². The quantitative estimate of drug-likeness (QED) is 0.886. The molecule has 0 spiro atoms. The third kappa shape index (κ3) is 4.36. The van der Waals surface area contributed by atoms with E-state index >= 15 is 0 Å². The molecule has 2 aromatic rings. The number of hydrogen-bond donors (Lipinski definition) is 1. The minimum absolute atomic E-state index is 0.582. The molecule has 0 amide bonds. The zero-order chi connectivity index (χ0) is 17.9. The van der Waals surface area contributed by atoms with E-state index in [1.54, 1.807) is 19.2 Å². The van der Waals surface area contributed by atoms with E-state index in [1.807, 2.05) is 30.3 Å². The van der Waals surface area contributed by atoms with Crippen LogP contribution >= 0.6 is 0 Å². The molecular formula is C18H23N3O3S. The summed E-state index contributed by atoms with van der Waals surface area (Å²) in [4.78, 5) is 4.63. The second-order valence-electron chi connectivity index (χ2n) is 6.07. The molecule has 7 heteroatoms. The number of nitrogens with one attached hydrogen (secondary N) is 1. The number of piperazine rings is 1. The standard InChI is InChI=1S/C18H23N3O3S/c1-24-18-6-4-3-5-17(18)21-13-11-20(12-14-21)16-9-7-15(8-10-16)19-25(2,22)23/h3-10,19H,11-14H2,1-2H3. The van der Waals surface area contributed by atoms with E-state index in [2.05, 4.69) is 20.6 Å². The maximum absolute atomic E-state index is 11.3. The maximum atomic E-state index is 11.3. The van der Waals surface area contributed by atoms with Crippen molar-refractivity contribution in [1.82, 2.24) is 0 Å². The number of ether oxygens (including phenoxy) is 1. The molecule has 0 aromatic heterocycles. The van der Waals surface area contributed by atoms with Crippen LogP contribution in [-0.2, 0) is 10.0 Å². The van der Waals surface area contributed by atoms with Crippen LogP contribution in [0.5, 0.6) is 5.75 Å². The molecular weight excluding hydrogens is 338 g/mol. The predicted molar refractivity (Wildman–Crippen MR) is 102 cm³/mol. The summed E-state index contributed by atoms with van der Waals surface area (Å²) in [5, 5.41) is 0. The molecule has 0 atom stereocenters. The van der Waals surface area contributed by atoms with Crippen LogP contribution in [0, 0.1) is 0 Å². The van der Waals surface area contributed by atoms with Crippen molar-refractivity contribution in [3.8, 4) is 5.75 Å². The summed E-state index contributed by atoms with van der Waals surface area (Å²) in [6, 6.07) is 15.6. The summed E-state index contributed by atoms with van der Waals surface area (Å²) in [6.45, 7) is 3.61. The topological polar surface area (TPSA) is 61.9 Å². The Morgan fingerprint density at radius 3 is 2.12 bits per heavy atom. The van der Waals surface area contributed by atoms with Gasteiger partial charge in [0.25, 0.3) is 0 Å². The van der Waals surface area contributed by atoms with E-state index in [0.29, 0.717) is 5.69 Å². The van der Waals surface area contributed by atoms with Crippen LogP contribution in [0.4, 0.5) is 17.1 Å². The number of benzene rings is 2. The summed E-state index contributed by atoms with van der Waals surface area (Å²) >= 11 is 0. The minimum atomic E-state index is -3.24. The van der Waals surface area contributed by atoms with E-state index in [-0.39, 0.29) is 0 Å². The summed E-state index contributed by atoms with van der Waals surface area (Å²) in [6.07, 6.45) is 1.15. The first-order valence-electron chi connectivity index (χ1n) is 8.17. The highest BCUT2D eigenvalue weighted by molar-refractivity contribution is 7.92. The summed E-state index contributed by atoms with van der Waals surface area (Å²) < 4.78 is 30.5. The van der Waals surface area contributed by atoms with Gasteiger partial charge in [0.2, 0.25) is 10.0 Å². The van der Waals surface area contributed by atoms with Crippen molar-refractivity contribution < 1.29 is 13.2 Å². The van der Waals surface area contributed by atoms with Crippen LogP contribution in [0.1, 0.15) is 0 Å². The van der Waals surface area contributed by atoms with Gasteiger partial charge in [0, 0.05) is 37.6 Å². The van der Waals surface area contributed by atoms with Gasteiger partial charge in [-0.2, -0.15) is 0 Å². The van der Waals surface area contributed by atoms with Crippen molar-refractivity contribution in [2.75, 3.05) is 54.1 Å². The molecule has 0 unspecified atom stereocenters. The number of nitrogens with zero attached hydrogens (tertiary/aromatic N) is 2. The molecule has 1 saturated heterocycles. The van der Waals surface area contributed by atoms with Crippen LogP contribution in [0.3, 0.4) is 0 Å². The molecule has 1 fully saturated rings. The van der Waals surface area contributed by atoms with Gasteiger partial charge in [0.05, 0.1) is 19.1 Å². The Hall–Kier alpha value is -2.41. The highest BCUT2D eigenvalue weighted by atomic mass is 32.2. The number of para-hydroxylation sites is 2. The third-order valence-corrected chi connectivity index (χ3v) is 4.85. The van der Waals surface area contributed by atoms with Gasteiger partial charge in [-0.25, -0.2) is 8.42 Å². The van der Waals surface area contributed by atoms with Crippen LogP contribution < -0.4 is 19.3 Å². The first kappa shape index (κ1) is 17.4. The average molecular weight is 361 g/mol. The summed E-state index contributed by atoms with van der Waals surface area (Å²) in [5.74, 6) is 0.896. The van der Waals surface area contributed by atoms with Crippen molar-refractivity contribution >= 4 is 27.1 Å². The molecule has 3 rings (SSSR count). The van der Waals surface area contributed by atoms with Crippen molar-refractivity contribution in [2.24, 2.45) is 0 Å². The minimum Gasteiger partial charge on any atom is -0.495 e. The lowest BCUT2D eigenvalue weighted by molar-refractivity contribution is 0.413. The molecule has 1 aliphatic heterocycles. The van der Waals surface area contributed by atoms with Gasteiger partial charge in [-0.3, -0.25) is 4.72 Å². The van der Waals surface area contributed by atoms with E-state index in [4.69, 9.17) is 4.74 Å². The maximum Gasteiger partial charge on any atom is 0.229 e. The molecule has 1 aliphatic rings. The Morgan fingerprint density at radius 2 is 1.52 bits per heavy atom. The van der Waals surface area contributed by atoms with E-state index in [9.17, 15) is 8.42 Å². The van der Waals surface area contributed by atoms with Crippen LogP contribution in [0.25, 0.3) is 0 Å². The second kappa shape index (κ2) is 7.23. The number of rotatable bonds is 5. The summed E-state index contributed by atoms with van der Waals surface area (Å²) in [7, 11) is -1.55. The van der Waals surface area contributed by atoms with Gasteiger partial charge >= 0.3 is 0 Å². The first-order chi connectivity index (χ1) is 12.0. The second-order valence-corrected chi connectivity index (χ2v) is 7.82. The molecule has 0 aliphatic carbocycles. The lowest BCUT2D eigenvalue weighted by Crippen LogP contribution is -2.46. The number of hydrogen-bond acceptors (Lipinski definition) is 5. The number of sulfonamides is 1. The van der Waals surface area contributed by atoms with Crippen LogP contribution in [-0.4, -0.2) is 48.0 Å². The Bertz CT molecular complexity index is 814. The monoisotopic (exact) mass is 361 g/mol. The Labute approximate surface area is 149 Å². The van der Waals surface area contributed by atoms with E-state index < -0.39 is 10.0 Å². The lowest BCUT2D eigenvalue weighted by atomic mass is 10.2. The molecule has 0 bridgehead atoms. The Kier molecular flexibility index (Phi) is 5.03. The highest BCUT2D eigenvalue weighted by Gasteiger charge is 2.19. The Morgan fingerprint density at radius 1 is 0.920 bits per heavy atom. The smallest absolute Gasteiger partial charge is 0.229 e. The van der Waals surface area contributed by atoms with Gasteiger partial charge in [0.15, 0.2) is 0 Å². The third-order valence-electron chi connectivity index (χ3n) is 4.24. The fourth-order valence-electron chi connectivity index (χ4n) is 3.05. The molecule has 1 heterocycles. The largest absolute Gasteiger partial charge is 0.495 e. The van der Waals surface area contributed by atoms with E-state index in [1.165, 1.54) is 0 Å². The normalized spacial score (nSPS) is 15.1. The Balaban J connectivity index is 1.64. The first-order valence-corrected chi connectivity index (χ1v) is 10.1. The molecule has 1 N–H and O–H groups in total. The molecule has 134 valence electrons. The lowest BCUT2D eigenvalue weighted by Gasteiger charge is -2.37. The fourth-order valence-corrected chi connectivity index (χ4v) is 3.62. The molecule has 2 aromatic carbocycles. The van der Waals surface area contributed by atoms with Crippen LogP contribution in [0.2, 0.25) is 0 Å². The SMILES string of the molecule is COc1ccccc1N1CCN(c2ccc(NS(C)(=O)=O)cc2)CC1. The van der Waals surface area contributed by atoms with Gasteiger partial charge in [0.1, 0.15) is 5.75 Å². The van der Waals surface area contributed by atoms with Crippen LogP contribution in [0.15, 0.2) is 48.5 Å². The fraction of sp³-hybridized carbons (Fsp3) is 0.333. The zero-order valence-electron chi connectivity index (χ0n) is 14.5. The van der Waals surface area contributed by atoms with Gasteiger partial charge in [-0.15, -0.1) is 0 Å². The predicted octanol–water partition coefficient (Wildman–Crippen LogP) is 2.39. The summed E-state index contributed by atoms with van der Waals surface area (Å²) in [5.41, 5.74) is 2.80.